The van der Waals surface area contributed by atoms with E-state index < -0.39 is 0 Å². The number of alkyl halides is 2. The molecule has 0 aromatic rings. The van der Waals surface area contributed by atoms with E-state index in [-0.39, 0.29) is 11.7 Å². The zero-order valence-electron chi connectivity index (χ0n) is 5.56. The molecule has 1 fully saturated rings. The van der Waals surface area contributed by atoms with Crippen LogP contribution in [0.3, 0.4) is 0 Å². The average Bonchev–Trinajstić information content (AvgIpc) is 2.31. The molecule has 0 aromatic carbocycles. The van der Waals surface area contributed by atoms with Gasteiger partial charge in [-0.3, -0.25) is 0 Å². The van der Waals surface area contributed by atoms with Crippen LogP contribution >= 0.6 is 23.2 Å². The molecule has 0 aliphatic carbocycles. The summed E-state index contributed by atoms with van der Waals surface area (Å²) in [6, 6.07) is 0. The van der Waals surface area contributed by atoms with Gasteiger partial charge in [0.1, 0.15) is 0 Å². The highest BCUT2D eigenvalue weighted by atomic mass is 35.5. The molecule has 2 atom stereocenters. The Balaban J connectivity index is 2.14. The summed E-state index contributed by atoms with van der Waals surface area (Å²) in [5, 5.41) is 0.00298. The Morgan fingerprint density at radius 3 is 2.90 bits per heavy atom. The van der Waals surface area contributed by atoms with E-state index in [4.69, 9.17) is 32.7 Å². The third-order valence-corrected chi connectivity index (χ3v) is 1.91. The molecule has 2 unspecified atom stereocenters. The third-order valence-electron chi connectivity index (χ3n) is 1.33. The predicted octanol–water partition coefficient (Wildman–Crippen LogP) is 1.60. The van der Waals surface area contributed by atoms with Gasteiger partial charge in [0, 0.05) is 5.88 Å². The van der Waals surface area contributed by atoms with Crippen LogP contribution < -0.4 is 0 Å². The minimum atomic E-state index is -0.236. The van der Waals surface area contributed by atoms with Gasteiger partial charge < -0.3 is 9.47 Å². The van der Waals surface area contributed by atoms with E-state index in [1.54, 1.807) is 0 Å². The fraction of sp³-hybridized carbons (Fsp3) is 1.00. The van der Waals surface area contributed by atoms with Gasteiger partial charge in [-0.25, -0.2) is 0 Å². The molecule has 4 heteroatoms. The van der Waals surface area contributed by atoms with Crippen molar-refractivity contribution in [2.45, 2.75) is 18.1 Å². The van der Waals surface area contributed by atoms with Gasteiger partial charge in [-0.2, -0.15) is 0 Å². The van der Waals surface area contributed by atoms with Crippen LogP contribution in [0.1, 0.15) is 6.42 Å². The molecule has 0 aromatic heterocycles. The van der Waals surface area contributed by atoms with Crippen molar-refractivity contribution in [2.24, 2.45) is 0 Å². The molecule has 0 spiro atoms. The number of rotatable bonds is 3. The SMILES string of the molecule is ClCCOC1OCCC1Cl. The Kier molecular flexibility index (Phi) is 3.78. The zero-order chi connectivity index (χ0) is 7.40. The Hall–Kier alpha value is 0.500. The number of hydrogen-bond acceptors (Lipinski definition) is 2. The lowest BCUT2D eigenvalue weighted by Crippen LogP contribution is -2.20. The Labute approximate surface area is 70.4 Å². The van der Waals surface area contributed by atoms with Crippen molar-refractivity contribution in [3.63, 3.8) is 0 Å². The molecule has 2 nitrogen and oxygen atoms in total. The summed E-state index contributed by atoms with van der Waals surface area (Å²) in [5.41, 5.74) is 0. The first-order valence-corrected chi connectivity index (χ1v) is 4.25. The van der Waals surface area contributed by atoms with Crippen molar-refractivity contribution in [3.05, 3.63) is 0 Å². The summed E-state index contributed by atoms with van der Waals surface area (Å²) in [6.07, 6.45) is 0.634. The summed E-state index contributed by atoms with van der Waals surface area (Å²) in [4.78, 5) is 0. The summed E-state index contributed by atoms with van der Waals surface area (Å²) >= 11 is 11.2. The van der Waals surface area contributed by atoms with E-state index in [2.05, 4.69) is 0 Å². The molecule has 1 aliphatic heterocycles. The van der Waals surface area contributed by atoms with E-state index in [1.165, 1.54) is 0 Å². The second-order valence-electron chi connectivity index (χ2n) is 2.10. The molecule has 0 saturated carbocycles. The van der Waals surface area contributed by atoms with Gasteiger partial charge in [0.15, 0.2) is 6.29 Å². The molecule has 1 aliphatic rings. The molecular formula is C6H10Cl2O2. The highest BCUT2D eigenvalue weighted by molar-refractivity contribution is 6.21. The highest BCUT2D eigenvalue weighted by Crippen LogP contribution is 2.19. The van der Waals surface area contributed by atoms with Crippen molar-refractivity contribution in [1.82, 2.24) is 0 Å². The maximum atomic E-state index is 5.82. The smallest absolute Gasteiger partial charge is 0.173 e. The highest BCUT2D eigenvalue weighted by Gasteiger charge is 2.26. The van der Waals surface area contributed by atoms with Crippen LogP contribution in [0.25, 0.3) is 0 Å². The maximum absolute atomic E-state index is 5.82. The molecule has 60 valence electrons. The van der Waals surface area contributed by atoms with Crippen LogP contribution in [-0.2, 0) is 9.47 Å². The Morgan fingerprint density at radius 1 is 1.60 bits per heavy atom. The van der Waals surface area contributed by atoms with Crippen LogP contribution in [0.2, 0.25) is 0 Å². The Morgan fingerprint density at radius 2 is 2.40 bits per heavy atom. The molecule has 0 N–H and O–H groups in total. The van der Waals surface area contributed by atoms with E-state index in [1.807, 2.05) is 0 Å². The van der Waals surface area contributed by atoms with Crippen molar-refractivity contribution < 1.29 is 9.47 Å². The molecule has 0 radical (unpaired) electrons. The summed E-state index contributed by atoms with van der Waals surface area (Å²) < 4.78 is 10.3. The van der Waals surface area contributed by atoms with Crippen LogP contribution in [-0.4, -0.2) is 30.8 Å². The third kappa shape index (κ3) is 2.27. The summed E-state index contributed by atoms with van der Waals surface area (Å²) in [5.74, 6) is 0.490. The second kappa shape index (κ2) is 4.39. The van der Waals surface area contributed by atoms with Crippen LogP contribution in [0.4, 0.5) is 0 Å². The average molecular weight is 185 g/mol. The van der Waals surface area contributed by atoms with Gasteiger partial charge >= 0.3 is 0 Å². The molecule has 1 saturated heterocycles. The minimum Gasteiger partial charge on any atom is -0.351 e. The number of ether oxygens (including phenoxy) is 2. The molecule has 10 heavy (non-hydrogen) atoms. The van der Waals surface area contributed by atoms with Gasteiger partial charge in [-0.1, -0.05) is 0 Å². The van der Waals surface area contributed by atoms with Crippen molar-refractivity contribution in [2.75, 3.05) is 19.1 Å². The van der Waals surface area contributed by atoms with Gasteiger partial charge in [0.05, 0.1) is 18.6 Å². The minimum absolute atomic E-state index is 0.00298. The normalized spacial score (nSPS) is 33.0. The molecule has 1 heterocycles. The molecular weight excluding hydrogens is 175 g/mol. The van der Waals surface area contributed by atoms with Crippen molar-refractivity contribution in [1.29, 1.82) is 0 Å². The lowest BCUT2D eigenvalue weighted by molar-refractivity contribution is -0.104. The van der Waals surface area contributed by atoms with E-state index in [0.717, 1.165) is 6.42 Å². The largest absolute Gasteiger partial charge is 0.351 e. The van der Waals surface area contributed by atoms with Crippen LogP contribution in [0, 0.1) is 0 Å². The predicted molar refractivity (Wildman–Crippen MR) is 40.7 cm³/mol. The van der Waals surface area contributed by atoms with Crippen molar-refractivity contribution >= 4 is 23.2 Å². The summed E-state index contributed by atoms with van der Waals surface area (Å²) in [7, 11) is 0. The van der Waals surface area contributed by atoms with Crippen molar-refractivity contribution in [3.8, 4) is 0 Å². The monoisotopic (exact) mass is 184 g/mol. The molecule has 1 rings (SSSR count). The fourth-order valence-electron chi connectivity index (χ4n) is 0.850. The second-order valence-corrected chi connectivity index (χ2v) is 3.04. The number of hydrogen-bond donors (Lipinski definition) is 0. The van der Waals surface area contributed by atoms with E-state index in [0.29, 0.717) is 19.1 Å². The Bertz CT molecular complexity index is 99.7. The standard InChI is InChI=1S/C6H10Cl2O2/c7-2-4-10-6-5(8)1-3-9-6/h5-6H,1-4H2. The van der Waals surface area contributed by atoms with Gasteiger partial charge in [-0.05, 0) is 6.42 Å². The fourth-order valence-corrected chi connectivity index (χ4v) is 1.17. The zero-order valence-corrected chi connectivity index (χ0v) is 7.07. The molecule has 0 amide bonds. The molecule has 0 bridgehead atoms. The first-order valence-electron chi connectivity index (χ1n) is 3.28. The first-order chi connectivity index (χ1) is 4.84. The van der Waals surface area contributed by atoms with Gasteiger partial charge in [0.2, 0.25) is 0 Å². The van der Waals surface area contributed by atoms with Crippen LogP contribution in [0.5, 0.6) is 0 Å². The summed E-state index contributed by atoms with van der Waals surface area (Å²) in [6.45, 7) is 1.20. The van der Waals surface area contributed by atoms with Gasteiger partial charge in [-0.15, -0.1) is 23.2 Å². The van der Waals surface area contributed by atoms with Crippen LogP contribution in [0.15, 0.2) is 0 Å². The van der Waals surface area contributed by atoms with E-state index in [9.17, 15) is 0 Å². The lowest BCUT2D eigenvalue weighted by Gasteiger charge is -2.12. The quantitative estimate of drug-likeness (QED) is 0.621. The maximum Gasteiger partial charge on any atom is 0.173 e. The first kappa shape index (κ1) is 8.60. The number of halogens is 2. The van der Waals surface area contributed by atoms with E-state index >= 15 is 0 Å². The van der Waals surface area contributed by atoms with Gasteiger partial charge in [0.25, 0.3) is 0 Å². The lowest BCUT2D eigenvalue weighted by atomic mass is 10.3. The topological polar surface area (TPSA) is 18.5 Å².